The van der Waals surface area contributed by atoms with Gasteiger partial charge in [-0.25, -0.2) is 4.79 Å². The van der Waals surface area contributed by atoms with Crippen LogP contribution < -0.4 is 22.7 Å². The first kappa shape index (κ1) is 26.7. The number of ketones is 1. The van der Waals surface area contributed by atoms with Crippen LogP contribution in [0.4, 0.5) is 5.82 Å². The van der Waals surface area contributed by atoms with Crippen molar-refractivity contribution in [3.8, 4) is 0 Å². The summed E-state index contributed by atoms with van der Waals surface area (Å²) in [5.74, 6) is -1.33. The quantitative estimate of drug-likeness (QED) is 0.419. The molecule has 1 unspecified atom stereocenters. The van der Waals surface area contributed by atoms with E-state index in [2.05, 4.69) is 0 Å². The number of benzene rings is 2. The van der Waals surface area contributed by atoms with E-state index >= 15 is 0 Å². The molecule has 9 nitrogen and oxygen atoms in total. The maximum absolute atomic E-state index is 13.5. The number of halogens is 2. The number of nitrogens with zero attached hydrogens (tertiary/aromatic N) is 3. The van der Waals surface area contributed by atoms with Gasteiger partial charge < -0.3 is 11.5 Å². The Morgan fingerprint density at radius 3 is 1.95 bits per heavy atom. The fourth-order valence-corrected chi connectivity index (χ4v) is 4.83. The molecular weight excluding hydrogens is 517 g/mol. The summed E-state index contributed by atoms with van der Waals surface area (Å²) in [4.78, 5) is 54.1. The van der Waals surface area contributed by atoms with Crippen LogP contribution in [0.1, 0.15) is 40.7 Å². The van der Waals surface area contributed by atoms with Gasteiger partial charge in [0.25, 0.3) is 5.56 Å². The predicted octanol–water partition coefficient (Wildman–Crippen LogP) is 2.52. The van der Waals surface area contributed by atoms with Crippen LogP contribution in [0.15, 0.2) is 58.1 Å². The fraction of sp³-hybridized carbons (Fsp3) is 0.308. The number of rotatable bonds is 8. The highest BCUT2D eigenvalue weighted by Crippen LogP contribution is 2.19. The summed E-state index contributed by atoms with van der Waals surface area (Å²) in [6.07, 6.45) is 2.15. The molecule has 2 heterocycles. The Hall–Kier alpha value is -3.40. The van der Waals surface area contributed by atoms with Gasteiger partial charge in [-0.3, -0.25) is 28.4 Å². The Morgan fingerprint density at radius 2 is 1.41 bits per heavy atom. The van der Waals surface area contributed by atoms with Gasteiger partial charge in [-0.2, -0.15) is 0 Å². The molecule has 11 heteroatoms. The maximum atomic E-state index is 13.5. The van der Waals surface area contributed by atoms with Crippen LogP contribution in [-0.4, -0.2) is 44.9 Å². The molecule has 1 amide bonds. The number of anilines is 1. The second-order valence-corrected chi connectivity index (χ2v) is 9.95. The van der Waals surface area contributed by atoms with E-state index < -0.39 is 29.0 Å². The first-order chi connectivity index (χ1) is 17.7. The molecule has 194 valence electrons. The number of piperidine rings is 1. The molecule has 0 saturated carbocycles. The van der Waals surface area contributed by atoms with Gasteiger partial charge in [0.15, 0.2) is 5.78 Å². The van der Waals surface area contributed by atoms with Crippen molar-refractivity contribution in [2.24, 2.45) is 5.73 Å². The standard InChI is InChI=1S/C26H27Cl2N5O4/c27-18-8-4-16(5-9-18)13-32-23(29)22(21(34)15-31-12-2-1-3-20(31)24(30)35)25(36)33(26(32)37)14-17-6-10-19(28)11-7-17/h4-11,20H,1-3,12-15,29H2,(H2,30,35). The lowest BCUT2D eigenvalue weighted by atomic mass is 10.0. The second kappa shape index (κ2) is 11.3. The summed E-state index contributed by atoms with van der Waals surface area (Å²) >= 11 is 12.0. The van der Waals surface area contributed by atoms with Gasteiger partial charge in [-0.05, 0) is 54.8 Å². The van der Waals surface area contributed by atoms with E-state index in [1.165, 1.54) is 4.57 Å². The van der Waals surface area contributed by atoms with Gasteiger partial charge >= 0.3 is 5.69 Å². The van der Waals surface area contributed by atoms with Crippen molar-refractivity contribution >= 4 is 40.7 Å². The van der Waals surface area contributed by atoms with Crippen molar-refractivity contribution in [2.45, 2.75) is 38.4 Å². The van der Waals surface area contributed by atoms with Crippen LogP contribution in [0, 0.1) is 0 Å². The van der Waals surface area contributed by atoms with Crippen molar-refractivity contribution in [3.05, 3.63) is 96.1 Å². The number of aromatic nitrogens is 2. The molecule has 37 heavy (non-hydrogen) atoms. The third-order valence-corrected chi connectivity index (χ3v) is 7.05. The van der Waals surface area contributed by atoms with Crippen LogP contribution in [-0.2, 0) is 17.9 Å². The molecule has 0 aliphatic carbocycles. The molecule has 0 spiro atoms. The molecule has 1 aliphatic heterocycles. The van der Waals surface area contributed by atoms with E-state index in [9.17, 15) is 19.2 Å². The Balaban J connectivity index is 1.79. The second-order valence-electron chi connectivity index (χ2n) is 9.08. The van der Waals surface area contributed by atoms with Crippen LogP contribution >= 0.6 is 23.2 Å². The zero-order valence-electron chi connectivity index (χ0n) is 20.0. The summed E-state index contributed by atoms with van der Waals surface area (Å²) < 4.78 is 2.19. The third kappa shape index (κ3) is 5.95. The summed E-state index contributed by atoms with van der Waals surface area (Å²) in [5.41, 5.74) is 11.5. The van der Waals surface area contributed by atoms with Gasteiger partial charge in [-0.1, -0.05) is 53.9 Å². The minimum absolute atomic E-state index is 0.0244. The van der Waals surface area contributed by atoms with E-state index in [1.807, 2.05) is 0 Å². The molecule has 1 aliphatic rings. The van der Waals surface area contributed by atoms with Crippen LogP contribution in [0.3, 0.4) is 0 Å². The van der Waals surface area contributed by atoms with E-state index in [0.717, 1.165) is 17.4 Å². The highest BCUT2D eigenvalue weighted by molar-refractivity contribution is 6.30. The SMILES string of the molecule is NC(=O)C1CCCCN1CC(=O)c1c(N)n(Cc2ccc(Cl)cc2)c(=O)n(Cc2ccc(Cl)cc2)c1=O. The number of nitrogen functional groups attached to an aromatic ring is 1. The normalized spacial score (nSPS) is 16.0. The highest BCUT2D eigenvalue weighted by atomic mass is 35.5. The topological polar surface area (TPSA) is 133 Å². The van der Waals surface area contributed by atoms with Crippen molar-refractivity contribution in [3.63, 3.8) is 0 Å². The molecule has 1 fully saturated rings. The molecule has 1 saturated heterocycles. The van der Waals surface area contributed by atoms with Crippen molar-refractivity contribution in [1.29, 1.82) is 0 Å². The molecule has 4 rings (SSSR count). The minimum Gasteiger partial charge on any atom is -0.384 e. The average molecular weight is 544 g/mol. The van der Waals surface area contributed by atoms with E-state index in [4.69, 9.17) is 34.7 Å². The number of hydrogen-bond donors (Lipinski definition) is 2. The van der Waals surface area contributed by atoms with E-state index in [-0.39, 0.29) is 31.0 Å². The first-order valence-electron chi connectivity index (χ1n) is 11.8. The number of primary amides is 1. The van der Waals surface area contributed by atoms with Gasteiger partial charge in [0.2, 0.25) is 5.91 Å². The lowest BCUT2D eigenvalue weighted by molar-refractivity contribution is -0.124. The Kier molecular flexibility index (Phi) is 8.16. The summed E-state index contributed by atoms with van der Waals surface area (Å²) in [5, 5.41) is 1.04. The molecule has 1 atom stereocenters. The Labute approximate surface area is 223 Å². The minimum atomic E-state index is -0.789. The smallest absolute Gasteiger partial charge is 0.333 e. The largest absolute Gasteiger partial charge is 0.384 e. The predicted molar refractivity (Wildman–Crippen MR) is 143 cm³/mol. The van der Waals surface area contributed by atoms with Crippen LogP contribution in [0.2, 0.25) is 10.0 Å². The van der Waals surface area contributed by atoms with Gasteiger partial charge in [0.05, 0.1) is 25.7 Å². The molecule has 3 aromatic rings. The number of likely N-dealkylation sites (tertiary alicyclic amines) is 1. The first-order valence-corrected chi connectivity index (χ1v) is 12.6. The number of carbonyl (C=O) groups excluding carboxylic acids is 2. The zero-order chi connectivity index (χ0) is 26.7. The zero-order valence-corrected chi connectivity index (χ0v) is 21.5. The van der Waals surface area contributed by atoms with Gasteiger partial charge in [0.1, 0.15) is 11.4 Å². The number of amides is 1. The van der Waals surface area contributed by atoms with E-state index in [1.54, 1.807) is 53.4 Å². The highest BCUT2D eigenvalue weighted by Gasteiger charge is 2.31. The van der Waals surface area contributed by atoms with Gasteiger partial charge in [-0.15, -0.1) is 0 Å². The lowest BCUT2D eigenvalue weighted by Crippen LogP contribution is -2.51. The van der Waals surface area contributed by atoms with Crippen molar-refractivity contribution in [1.82, 2.24) is 14.0 Å². The number of carbonyl (C=O) groups is 2. The average Bonchev–Trinajstić information content (AvgIpc) is 2.87. The molecule has 0 radical (unpaired) electrons. The summed E-state index contributed by atoms with van der Waals surface area (Å²) in [6, 6.07) is 12.9. The molecule has 1 aromatic heterocycles. The van der Waals surface area contributed by atoms with Gasteiger partial charge in [0, 0.05) is 10.0 Å². The Bertz CT molecular complexity index is 1430. The lowest BCUT2D eigenvalue weighted by Gasteiger charge is -2.33. The fourth-order valence-electron chi connectivity index (χ4n) is 4.58. The summed E-state index contributed by atoms with van der Waals surface area (Å²) in [7, 11) is 0. The van der Waals surface area contributed by atoms with Crippen molar-refractivity contribution < 1.29 is 9.59 Å². The summed E-state index contributed by atoms with van der Waals surface area (Å²) in [6.45, 7) is 0.218. The number of hydrogen-bond acceptors (Lipinski definition) is 6. The van der Waals surface area contributed by atoms with E-state index in [0.29, 0.717) is 34.1 Å². The Morgan fingerprint density at radius 1 is 0.865 bits per heavy atom. The molecular formula is C26H27Cl2N5O4. The number of Topliss-reactive ketones (excluding diaryl/α,β-unsaturated/α-hetero) is 1. The van der Waals surface area contributed by atoms with Crippen molar-refractivity contribution in [2.75, 3.05) is 18.8 Å². The molecule has 0 bridgehead atoms. The van der Waals surface area contributed by atoms with Crippen LogP contribution in [0.25, 0.3) is 0 Å². The monoisotopic (exact) mass is 543 g/mol. The third-order valence-electron chi connectivity index (χ3n) is 6.54. The molecule has 4 N–H and O–H groups in total. The molecule has 2 aromatic carbocycles. The number of nitrogens with two attached hydrogens (primary N) is 2. The van der Waals surface area contributed by atoms with Crippen LogP contribution in [0.5, 0.6) is 0 Å². The maximum Gasteiger partial charge on any atom is 0.333 e.